The Labute approximate surface area is 136 Å². The van der Waals surface area contributed by atoms with E-state index in [9.17, 15) is 9.59 Å². The number of hydrogen-bond donors (Lipinski definition) is 2. The predicted octanol–water partition coefficient (Wildman–Crippen LogP) is 2.04. The molecule has 22 heavy (non-hydrogen) atoms. The van der Waals surface area contributed by atoms with Crippen molar-refractivity contribution in [3.63, 3.8) is 0 Å². The van der Waals surface area contributed by atoms with Crippen LogP contribution in [0.25, 0.3) is 0 Å². The van der Waals surface area contributed by atoms with Crippen molar-refractivity contribution in [3.05, 3.63) is 28.8 Å². The highest BCUT2D eigenvalue weighted by atomic mass is 35.5. The van der Waals surface area contributed by atoms with E-state index in [1.807, 2.05) is 6.92 Å². The predicted molar refractivity (Wildman–Crippen MR) is 88.0 cm³/mol. The van der Waals surface area contributed by atoms with E-state index >= 15 is 0 Å². The van der Waals surface area contributed by atoms with Crippen molar-refractivity contribution >= 4 is 29.1 Å². The molecule has 120 valence electrons. The van der Waals surface area contributed by atoms with Gasteiger partial charge in [0, 0.05) is 17.3 Å². The van der Waals surface area contributed by atoms with Crippen molar-refractivity contribution in [2.75, 3.05) is 32.0 Å². The van der Waals surface area contributed by atoms with Crippen LogP contribution < -0.4 is 10.6 Å². The Morgan fingerprint density at radius 3 is 2.64 bits per heavy atom. The highest BCUT2D eigenvalue weighted by Crippen LogP contribution is 2.20. The van der Waals surface area contributed by atoms with Crippen molar-refractivity contribution < 1.29 is 9.59 Å². The number of piperidine rings is 1. The van der Waals surface area contributed by atoms with Gasteiger partial charge in [-0.1, -0.05) is 17.7 Å². The van der Waals surface area contributed by atoms with Gasteiger partial charge in [-0.25, -0.2) is 0 Å². The molecule has 1 aromatic rings. The Balaban J connectivity index is 1.82. The number of aryl methyl sites for hydroxylation is 1. The van der Waals surface area contributed by atoms with E-state index in [2.05, 4.69) is 22.6 Å². The first kappa shape index (κ1) is 16.8. The summed E-state index contributed by atoms with van der Waals surface area (Å²) >= 11 is 5.90. The number of carbonyl (C=O) groups excluding carboxylic acids is 2. The van der Waals surface area contributed by atoms with Crippen LogP contribution in [0.2, 0.25) is 5.02 Å². The molecular formula is C16H22ClN3O2. The summed E-state index contributed by atoms with van der Waals surface area (Å²) < 4.78 is 0. The second-order valence-corrected chi connectivity index (χ2v) is 6.31. The fraction of sp³-hybridized carbons (Fsp3) is 0.500. The summed E-state index contributed by atoms with van der Waals surface area (Å²) in [5.74, 6) is -0.808. The molecule has 0 unspecified atom stereocenters. The molecule has 1 heterocycles. The number of benzene rings is 1. The smallest absolute Gasteiger partial charge is 0.313 e. The highest BCUT2D eigenvalue weighted by Gasteiger charge is 2.20. The number of hydrogen-bond acceptors (Lipinski definition) is 3. The van der Waals surface area contributed by atoms with Crippen molar-refractivity contribution in [1.29, 1.82) is 0 Å². The van der Waals surface area contributed by atoms with Crippen molar-refractivity contribution in [3.8, 4) is 0 Å². The van der Waals surface area contributed by atoms with E-state index in [0.29, 0.717) is 23.2 Å². The molecule has 1 aliphatic heterocycles. The minimum atomic E-state index is -0.654. The molecule has 2 N–H and O–H groups in total. The third kappa shape index (κ3) is 4.71. The summed E-state index contributed by atoms with van der Waals surface area (Å²) in [6.07, 6.45) is 2.09. The van der Waals surface area contributed by atoms with Gasteiger partial charge in [0.2, 0.25) is 0 Å². The van der Waals surface area contributed by atoms with Crippen molar-refractivity contribution in [1.82, 2.24) is 10.2 Å². The van der Waals surface area contributed by atoms with Gasteiger partial charge in [-0.2, -0.15) is 0 Å². The van der Waals surface area contributed by atoms with E-state index in [-0.39, 0.29) is 0 Å². The normalized spacial score (nSPS) is 16.3. The zero-order valence-corrected chi connectivity index (χ0v) is 13.7. The molecule has 0 aliphatic carbocycles. The number of amides is 2. The van der Waals surface area contributed by atoms with Crippen LogP contribution in [-0.2, 0) is 9.59 Å². The van der Waals surface area contributed by atoms with Crippen LogP contribution in [0.15, 0.2) is 18.2 Å². The van der Waals surface area contributed by atoms with Crippen LogP contribution >= 0.6 is 11.6 Å². The minimum absolute atomic E-state index is 0.445. The molecule has 1 saturated heterocycles. The Morgan fingerprint density at radius 1 is 1.27 bits per heavy atom. The molecule has 2 amide bonds. The lowest BCUT2D eigenvalue weighted by Crippen LogP contribution is -2.41. The van der Waals surface area contributed by atoms with Crippen LogP contribution in [0.1, 0.15) is 18.4 Å². The lowest BCUT2D eigenvalue weighted by atomic mass is 9.97. The summed E-state index contributed by atoms with van der Waals surface area (Å²) in [5.41, 5.74) is 1.42. The van der Waals surface area contributed by atoms with Gasteiger partial charge in [-0.15, -0.1) is 0 Å². The first-order valence-electron chi connectivity index (χ1n) is 7.49. The molecule has 5 nitrogen and oxygen atoms in total. The number of likely N-dealkylation sites (tertiary alicyclic amines) is 1. The van der Waals surface area contributed by atoms with Gasteiger partial charge in [0.1, 0.15) is 0 Å². The molecule has 1 aliphatic rings. The summed E-state index contributed by atoms with van der Waals surface area (Å²) in [5, 5.41) is 5.84. The number of nitrogens with one attached hydrogen (secondary N) is 2. The molecule has 0 bridgehead atoms. The molecule has 0 spiro atoms. The Bertz CT molecular complexity index is 554. The van der Waals surface area contributed by atoms with Crippen LogP contribution in [0, 0.1) is 12.8 Å². The summed E-state index contributed by atoms with van der Waals surface area (Å²) in [7, 11) is 2.09. The Morgan fingerprint density at radius 2 is 1.95 bits per heavy atom. The standard InChI is InChI=1S/C16H22ClN3O2/c1-11-3-4-13(17)9-14(11)19-16(22)15(21)18-10-12-5-7-20(2)8-6-12/h3-4,9,12H,5-8,10H2,1-2H3,(H,18,21)(H,19,22). The van der Waals surface area contributed by atoms with Crippen LogP contribution in [0.4, 0.5) is 5.69 Å². The second-order valence-electron chi connectivity index (χ2n) is 5.87. The molecule has 1 fully saturated rings. The lowest BCUT2D eigenvalue weighted by molar-refractivity contribution is -0.136. The molecule has 0 atom stereocenters. The first-order valence-corrected chi connectivity index (χ1v) is 7.87. The van der Waals surface area contributed by atoms with Gasteiger partial charge in [0.05, 0.1) is 0 Å². The van der Waals surface area contributed by atoms with Gasteiger partial charge < -0.3 is 15.5 Å². The summed E-state index contributed by atoms with van der Waals surface area (Å²) in [6.45, 7) is 4.47. The zero-order chi connectivity index (χ0) is 16.1. The first-order chi connectivity index (χ1) is 10.5. The van der Waals surface area contributed by atoms with Crippen LogP contribution in [-0.4, -0.2) is 43.4 Å². The Kier molecular flexibility index (Phi) is 5.80. The SMILES string of the molecule is Cc1ccc(Cl)cc1NC(=O)C(=O)NCC1CCN(C)CC1. The third-order valence-corrected chi connectivity index (χ3v) is 4.28. The number of rotatable bonds is 3. The number of nitrogens with zero attached hydrogens (tertiary/aromatic N) is 1. The molecular weight excluding hydrogens is 302 g/mol. The monoisotopic (exact) mass is 323 g/mol. The number of carbonyl (C=O) groups is 2. The largest absolute Gasteiger partial charge is 0.348 e. The third-order valence-electron chi connectivity index (χ3n) is 4.04. The van der Waals surface area contributed by atoms with E-state index in [1.165, 1.54) is 0 Å². The zero-order valence-electron chi connectivity index (χ0n) is 13.0. The summed E-state index contributed by atoms with van der Waals surface area (Å²) in [4.78, 5) is 26.1. The molecule has 0 saturated carbocycles. The van der Waals surface area contributed by atoms with E-state index in [4.69, 9.17) is 11.6 Å². The second kappa shape index (κ2) is 7.61. The fourth-order valence-corrected chi connectivity index (χ4v) is 2.66. The Hall–Kier alpha value is -1.59. The van der Waals surface area contributed by atoms with Crippen LogP contribution in [0.5, 0.6) is 0 Å². The fourth-order valence-electron chi connectivity index (χ4n) is 2.49. The van der Waals surface area contributed by atoms with Gasteiger partial charge in [0.25, 0.3) is 0 Å². The quantitative estimate of drug-likeness (QED) is 0.837. The summed E-state index contributed by atoms with van der Waals surface area (Å²) in [6, 6.07) is 5.18. The van der Waals surface area contributed by atoms with Gasteiger partial charge in [-0.05, 0) is 63.5 Å². The lowest BCUT2D eigenvalue weighted by Gasteiger charge is -2.28. The van der Waals surface area contributed by atoms with Gasteiger partial charge in [-0.3, -0.25) is 9.59 Å². The average Bonchev–Trinajstić information content (AvgIpc) is 2.50. The van der Waals surface area contributed by atoms with Crippen molar-refractivity contribution in [2.24, 2.45) is 5.92 Å². The maximum atomic E-state index is 11.9. The number of halogens is 1. The van der Waals surface area contributed by atoms with Crippen molar-refractivity contribution in [2.45, 2.75) is 19.8 Å². The molecule has 0 aromatic heterocycles. The topological polar surface area (TPSA) is 61.4 Å². The van der Waals surface area contributed by atoms with E-state index in [1.54, 1.807) is 18.2 Å². The maximum Gasteiger partial charge on any atom is 0.313 e. The van der Waals surface area contributed by atoms with Gasteiger partial charge in [0.15, 0.2) is 0 Å². The molecule has 6 heteroatoms. The average molecular weight is 324 g/mol. The molecule has 0 radical (unpaired) electrons. The highest BCUT2D eigenvalue weighted by molar-refractivity contribution is 6.40. The minimum Gasteiger partial charge on any atom is -0.348 e. The number of anilines is 1. The maximum absolute atomic E-state index is 11.9. The van der Waals surface area contributed by atoms with Crippen LogP contribution in [0.3, 0.4) is 0 Å². The molecule has 2 rings (SSSR count). The van der Waals surface area contributed by atoms with Gasteiger partial charge >= 0.3 is 11.8 Å². The molecule has 1 aromatic carbocycles. The van der Waals surface area contributed by atoms with E-state index in [0.717, 1.165) is 31.5 Å². The van der Waals surface area contributed by atoms with E-state index < -0.39 is 11.8 Å².